The van der Waals surface area contributed by atoms with Crippen molar-refractivity contribution in [3.63, 3.8) is 0 Å². The van der Waals surface area contributed by atoms with E-state index >= 15 is 0 Å². The van der Waals surface area contributed by atoms with Crippen molar-refractivity contribution >= 4 is 39.7 Å². The molecule has 0 radical (unpaired) electrons. The van der Waals surface area contributed by atoms with Crippen LogP contribution in [0.25, 0.3) is 22.1 Å². The third-order valence-electron chi connectivity index (χ3n) is 4.61. The second-order valence-electron chi connectivity index (χ2n) is 5.99. The Morgan fingerprint density at radius 3 is 2.42 bits per heavy atom. The first-order chi connectivity index (χ1) is 12.6. The van der Waals surface area contributed by atoms with Gasteiger partial charge in [0, 0.05) is 30.2 Å². The first-order valence-corrected chi connectivity index (χ1v) is 9.00. The highest BCUT2D eigenvalue weighted by atomic mass is 32.1. The zero-order valence-corrected chi connectivity index (χ0v) is 15.9. The molecule has 4 nitrogen and oxygen atoms in total. The van der Waals surface area contributed by atoms with Gasteiger partial charge in [0.25, 0.3) is 0 Å². The summed E-state index contributed by atoms with van der Waals surface area (Å²) in [5.41, 5.74) is 4.32. The predicted molar refractivity (Wildman–Crippen MR) is 111 cm³/mol. The summed E-state index contributed by atoms with van der Waals surface area (Å²) < 4.78 is 5.65. The first kappa shape index (κ1) is 18.1. The molecule has 0 aliphatic heterocycles. The fraction of sp³-hybridized carbons (Fsp3) is 0.238. The summed E-state index contributed by atoms with van der Waals surface area (Å²) in [7, 11) is 0. The van der Waals surface area contributed by atoms with Gasteiger partial charge in [0.1, 0.15) is 5.58 Å². The highest BCUT2D eigenvalue weighted by molar-refractivity contribution is 7.78. The molecule has 5 heteroatoms. The number of aliphatic imine (C=N–C) groups is 1. The van der Waals surface area contributed by atoms with Gasteiger partial charge < -0.3 is 9.32 Å². The highest BCUT2D eigenvalue weighted by Crippen LogP contribution is 2.30. The van der Waals surface area contributed by atoms with Crippen LogP contribution in [0.2, 0.25) is 0 Å². The molecule has 3 aromatic rings. The minimum absolute atomic E-state index is 0.335. The van der Waals surface area contributed by atoms with E-state index in [9.17, 15) is 4.79 Å². The van der Waals surface area contributed by atoms with Crippen molar-refractivity contribution in [1.29, 1.82) is 0 Å². The van der Waals surface area contributed by atoms with Gasteiger partial charge in [-0.15, -0.1) is 0 Å². The normalized spacial score (nSPS) is 10.6. The van der Waals surface area contributed by atoms with E-state index in [-0.39, 0.29) is 5.63 Å². The molecular weight excluding hydrogens is 344 g/mol. The topological polar surface area (TPSA) is 45.8 Å². The zero-order chi connectivity index (χ0) is 18.7. The standard InChI is InChI=1S/C21H20N2O2S/c1-4-23(5-2)17-10-11-18-14(3)20(21(24)25-19(18)12-17)15-6-8-16(9-7-15)22-13-26/h6-12H,4-5H2,1-3H3. The van der Waals surface area contributed by atoms with Crippen molar-refractivity contribution in [1.82, 2.24) is 0 Å². The lowest BCUT2D eigenvalue weighted by molar-refractivity contribution is 0.562. The number of hydrogen-bond acceptors (Lipinski definition) is 5. The van der Waals surface area contributed by atoms with Gasteiger partial charge in [0.2, 0.25) is 0 Å². The lowest BCUT2D eigenvalue weighted by Crippen LogP contribution is -2.21. The summed E-state index contributed by atoms with van der Waals surface area (Å²) in [4.78, 5) is 18.8. The molecule has 0 aliphatic rings. The van der Waals surface area contributed by atoms with E-state index in [1.165, 1.54) is 0 Å². The molecule has 1 heterocycles. The Balaban J connectivity index is 2.14. The summed E-state index contributed by atoms with van der Waals surface area (Å²) in [6.07, 6.45) is 0. The number of thiocarbonyl (C=S) groups is 1. The number of aryl methyl sites for hydroxylation is 1. The van der Waals surface area contributed by atoms with Crippen LogP contribution < -0.4 is 10.5 Å². The Kier molecular flexibility index (Phi) is 5.31. The molecule has 0 unspecified atom stereocenters. The number of rotatable bonds is 5. The molecule has 0 spiro atoms. The zero-order valence-electron chi connectivity index (χ0n) is 15.1. The van der Waals surface area contributed by atoms with Crippen LogP contribution >= 0.6 is 12.2 Å². The maximum atomic E-state index is 12.7. The molecule has 0 aliphatic carbocycles. The Hall–Kier alpha value is -2.75. The number of benzene rings is 2. The highest BCUT2D eigenvalue weighted by Gasteiger charge is 2.14. The van der Waals surface area contributed by atoms with Crippen LogP contribution in [0.4, 0.5) is 11.4 Å². The van der Waals surface area contributed by atoms with Crippen LogP contribution in [0.1, 0.15) is 19.4 Å². The average Bonchev–Trinajstić information content (AvgIpc) is 2.64. The maximum absolute atomic E-state index is 12.7. The number of nitrogens with zero attached hydrogens (tertiary/aromatic N) is 2. The Labute approximate surface area is 157 Å². The molecular formula is C21H20N2O2S. The van der Waals surface area contributed by atoms with Crippen molar-refractivity contribution in [2.75, 3.05) is 18.0 Å². The fourth-order valence-electron chi connectivity index (χ4n) is 3.22. The van der Waals surface area contributed by atoms with E-state index in [2.05, 4.69) is 47.2 Å². The minimum Gasteiger partial charge on any atom is -0.422 e. The Morgan fingerprint density at radius 1 is 1.12 bits per heavy atom. The summed E-state index contributed by atoms with van der Waals surface area (Å²) in [5, 5.41) is 3.28. The first-order valence-electron chi connectivity index (χ1n) is 8.59. The molecule has 0 N–H and O–H groups in total. The number of isothiocyanates is 1. The van der Waals surface area contributed by atoms with E-state index in [0.29, 0.717) is 16.8 Å². The van der Waals surface area contributed by atoms with Gasteiger partial charge in [-0.1, -0.05) is 12.1 Å². The second-order valence-corrected chi connectivity index (χ2v) is 6.17. The molecule has 132 valence electrons. The van der Waals surface area contributed by atoms with Gasteiger partial charge in [0.15, 0.2) is 0 Å². The fourth-order valence-corrected chi connectivity index (χ4v) is 3.32. The van der Waals surface area contributed by atoms with Crippen molar-refractivity contribution in [3.05, 3.63) is 58.4 Å². The number of anilines is 1. The summed E-state index contributed by atoms with van der Waals surface area (Å²) in [6.45, 7) is 7.97. The third kappa shape index (κ3) is 3.32. The summed E-state index contributed by atoms with van der Waals surface area (Å²) >= 11 is 4.62. The Bertz CT molecular complexity index is 1040. The van der Waals surface area contributed by atoms with Crippen LogP contribution in [0.15, 0.2) is 56.7 Å². The molecule has 0 amide bonds. The van der Waals surface area contributed by atoms with Crippen LogP contribution in [0.5, 0.6) is 0 Å². The second kappa shape index (κ2) is 7.65. The quantitative estimate of drug-likeness (QED) is 0.348. The average molecular weight is 364 g/mol. The molecule has 0 bridgehead atoms. The van der Waals surface area contributed by atoms with Crippen molar-refractivity contribution in [2.45, 2.75) is 20.8 Å². The molecule has 0 fully saturated rings. The smallest absolute Gasteiger partial charge is 0.344 e. The van der Waals surface area contributed by atoms with Gasteiger partial charge in [-0.3, -0.25) is 0 Å². The monoisotopic (exact) mass is 364 g/mol. The minimum atomic E-state index is -0.335. The molecule has 0 saturated heterocycles. The van der Waals surface area contributed by atoms with E-state index in [1.807, 2.05) is 31.2 Å². The largest absolute Gasteiger partial charge is 0.422 e. The van der Waals surface area contributed by atoms with E-state index < -0.39 is 0 Å². The summed E-state index contributed by atoms with van der Waals surface area (Å²) in [6, 6.07) is 13.3. The Morgan fingerprint density at radius 2 is 1.81 bits per heavy atom. The summed E-state index contributed by atoms with van der Waals surface area (Å²) in [5.74, 6) is 0. The molecule has 1 aromatic heterocycles. The van der Waals surface area contributed by atoms with Crippen molar-refractivity contribution < 1.29 is 4.42 Å². The van der Waals surface area contributed by atoms with Gasteiger partial charge >= 0.3 is 5.63 Å². The van der Waals surface area contributed by atoms with Gasteiger partial charge in [-0.2, -0.15) is 4.99 Å². The molecule has 3 rings (SSSR count). The third-order valence-corrected chi connectivity index (χ3v) is 4.70. The maximum Gasteiger partial charge on any atom is 0.344 e. The van der Waals surface area contributed by atoms with Crippen LogP contribution in [-0.2, 0) is 0 Å². The van der Waals surface area contributed by atoms with Gasteiger partial charge in [-0.05, 0) is 68.4 Å². The lowest BCUT2D eigenvalue weighted by Gasteiger charge is -2.21. The van der Waals surface area contributed by atoms with Crippen LogP contribution in [0.3, 0.4) is 0 Å². The number of hydrogen-bond donors (Lipinski definition) is 0. The SMILES string of the molecule is CCN(CC)c1ccc2c(C)c(-c3ccc(N=C=S)cc3)c(=O)oc2c1. The molecule has 0 saturated carbocycles. The molecule has 26 heavy (non-hydrogen) atoms. The van der Waals surface area contributed by atoms with E-state index in [4.69, 9.17) is 4.42 Å². The predicted octanol–water partition coefficient (Wildman–Crippen LogP) is 5.35. The van der Waals surface area contributed by atoms with Crippen LogP contribution in [0, 0.1) is 6.92 Å². The van der Waals surface area contributed by atoms with E-state index in [0.717, 1.165) is 35.3 Å². The van der Waals surface area contributed by atoms with Crippen LogP contribution in [-0.4, -0.2) is 18.3 Å². The lowest BCUT2D eigenvalue weighted by atomic mass is 9.99. The van der Waals surface area contributed by atoms with Gasteiger partial charge in [-0.25, -0.2) is 4.79 Å². The molecule has 2 aromatic carbocycles. The van der Waals surface area contributed by atoms with Crippen molar-refractivity contribution in [2.24, 2.45) is 4.99 Å². The number of fused-ring (bicyclic) bond motifs is 1. The van der Waals surface area contributed by atoms with E-state index in [1.54, 1.807) is 12.1 Å². The van der Waals surface area contributed by atoms with Crippen molar-refractivity contribution in [3.8, 4) is 11.1 Å². The molecule has 0 atom stereocenters. The van der Waals surface area contributed by atoms with Gasteiger partial charge in [0.05, 0.1) is 16.4 Å².